The summed E-state index contributed by atoms with van der Waals surface area (Å²) in [7, 11) is 0. The number of amides is 2. The lowest BCUT2D eigenvalue weighted by Gasteiger charge is -2.09. The van der Waals surface area contributed by atoms with Crippen molar-refractivity contribution in [1.82, 2.24) is 10.6 Å². The molecule has 0 aliphatic carbocycles. The Morgan fingerprint density at radius 3 is 2.12 bits per heavy atom. The van der Waals surface area contributed by atoms with Crippen LogP contribution in [0.15, 0.2) is 54.6 Å². The molecule has 138 valence electrons. The first-order valence-electron chi connectivity index (χ1n) is 8.23. The van der Waals surface area contributed by atoms with Crippen molar-refractivity contribution in [2.75, 3.05) is 26.3 Å². The van der Waals surface area contributed by atoms with E-state index < -0.39 is 0 Å². The van der Waals surface area contributed by atoms with E-state index in [0.717, 1.165) is 5.75 Å². The molecule has 0 spiro atoms. The van der Waals surface area contributed by atoms with Crippen molar-refractivity contribution in [2.24, 2.45) is 0 Å². The van der Waals surface area contributed by atoms with E-state index in [4.69, 9.17) is 21.1 Å². The second-order valence-electron chi connectivity index (χ2n) is 5.35. The highest BCUT2D eigenvalue weighted by Crippen LogP contribution is 2.15. The van der Waals surface area contributed by atoms with Gasteiger partial charge >= 0.3 is 0 Å². The van der Waals surface area contributed by atoms with E-state index >= 15 is 0 Å². The highest BCUT2D eigenvalue weighted by molar-refractivity contribution is 6.30. The molecule has 2 amide bonds. The minimum Gasteiger partial charge on any atom is -0.493 e. The number of ether oxygens (including phenoxy) is 2. The highest BCUT2D eigenvalue weighted by atomic mass is 35.5. The number of benzene rings is 2. The van der Waals surface area contributed by atoms with Crippen LogP contribution in [0, 0.1) is 0 Å². The third-order valence-corrected chi connectivity index (χ3v) is 3.55. The second-order valence-corrected chi connectivity index (χ2v) is 5.79. The molecule has 7 heteroatoms. The zero-order chi connectivity index (χ0) is 18.6. The maximum absolute atomic E-state index is 11.7. The van der Waals surface area contributed by atoms with Crippen molar-refractivity contribution in [1.29, 1.82) is 0 Å². The number of nitrogens with one attached hydrogen (secondary N) is 2. The SMILES string of the molecule is O=C(CCOc1ccccc1)NCCNC(=O)COc1ccc(Cl)cc1. The molecule has 0 unspecified atom stereocenters. The van der Waals surface area contributed by atoms with E-state index in [0.29, 0.717) is 30.5 Å². The molecular weight excluding hydrogens is 356 g/mol. The quantitative estimate of drug-likeness (QED) is 0.624. The number of rotatable bonds is 10. The van der Waals surface area contributed by atoms with Crippen molar-refractivity contribution in [3.05, 3.63) is 59.6 Å². The molecule has 0 saturated heterocycles. The molecule has 6 nitrogen and oxygen atoms in total. The molecule has 0 saturated carbocycles. The van der Waals surface area contributed by atoms with Crippen molar-refractivity contribution < 1.29 is 19.1 Å². The fourth-order valence-electron chi connectivity index (χ4n) is 2.00. The van der Waals surface area contributed by atoms with Crippen LogP contribution < -0.4 is 20.1 Å². The van der Waals surface area contributed by atoms with Gasteiger partial charge in [-0.15, -0.1) is 0 Å². The zero-order valence-corrected chi connectivity index (χ0v) is 15.0. The molecule has 0 fully saturated rings. The van der Waals surface area contributed by atoms with Gasteiger partial charge in [0.05, 0.1) is 13.0 Å². The lowest BCUT2D eigenvalue weighted by Crippen LogP contribution is -2.37. The van der Waals surface area contributed by atoms with Crippen molar-refractivity contribution >= 4 is 23.4 Å². The normalized spacial score (nSPS) is 10.0. The van der Waals surface area contributed by atoms with Gasteiger partial charge in [0.1, 0.15) is 11.5 Å². The Morgan fingerprint density at radius 1 is 0.808 bits per heavy atom. The summed E-state index contributed by atoms with van der Waals surface area (Å²) in [4.78, 5) is 23.3. The molecule has 0 atom stereocenters. The Hall–Kier alpha value is -2.73. The maximum atomic E-state index is 11.7. The standard InChI is InChI=1S/C19H21ClN2O4/c20-15-6-8-17(9-7-15)26-14-19(24)22-12-11-21-18(23)10-13-25-16-4-2-1-3-5-16/h1-9H,10-14H2,(H,21,23)(H,22,24). The third kappa shape index (κ3) is 7.90. The Kier molecular flexibility index (Phi) is 8.29. The third-order valence-electron chi connectivity index (χ3n) is 3.29. The van der Waals surface area contributed by atoms with Gasteiger partial charge in [-0.05, 0) is 36.4 Å². The summed E-state index contributed by atoms with van der Waals surface area (Å²) in [6, 6.07) is 16.1. The summed E-state index contributed by atoms with van der Waals surface area (Å²) in [5, 5.41) is 5.98. The molecular formula is C19H21ClN2O4. The monoisotopic (exact) mass is 376 g/mol. The van der Waals surface area contributed by atoms with Gasteiger partial charge < -0.3 is 20.1 Å². The summed E-state index contributed by atoms with van der Waals surface area (Å²) in [6.07, 6.45) is 0.252. The number of hydrogen-bond donors (Lipinski definition) is 2. The van der Waals surface area contributed by atoms with Crippen LogP contribution in [-0.4, -0.2) is 38.1 Å². The van der Waals surface area contributed by atoms with Crippen molar-refractivity contribution in [3.8, 4) is 11.5 Å². The van der Waals surface area contributed by atoms with Crippen LogP contribution in [0.25, 0.3) is 0 Å². The number of para-hydroxylation sites is 1. The van der Waals surface area contributed by atoms with Crippen LogP contribution in [0.5, 0.6) is 11.5 Å². The average Bonchev–Trinajstić information content (AvgIpc) is 2.66. The van der Waals surface area contributed by atoms with Gasteiger partial charge in [-0.1, -0.05) is 29.8 Å². The van der Waals surface area contributed by atoms with E-state index in [9.17, 15) is 9.59 Å². The average molecular weight is 377 g/mol. The van der Waals surface area contributed by atoms with Gasteiger partial charge in [-0.25, -0.2) is 0 Å². The maximum Gasteiger partial charge on any atom is 0.258 e. The van der Waals surface area contributed by atoms with Gasteiger partial charge in [0.2, 0.25) is 5.91 Å². The molecule has 2 aromatic carbocycles. The lowest BCUT2D eigenvalue weighted by molar-refractivity contribution is -0.124. The van der Waals surface area contributed by atoms with E-state index in [1.54, 1.807) is 24.3 Å². The summed E-state index contributed by atoms with van der Waals surface area (Å²) in [5.74, 6) is 0.902. The van der Waals surface area contributed by atoms with E-state index in [1.807, 2.05) is 30.3 Å². The molecule has 0 radical (unpaired) electrons. The molecule has 26 heavy (non-hydrogen) atoms. The number of hydrogen-bond acceptors (Lipinski definition) is 4. The van der Waals surface area contributed by atoms with E-state index in [-0.39, 0.29) is 24.8 Å². The lowest BCUT2D eigenvalue weighted by atomic mass is 10.3. The van der Waals surface area contributed by atoms with Crippen LogP contribution in [0.3, 0.4) is 0 Å². The van der Waals surface area contributed by atoms with Crippen molar-refractivity contribution in [2.45, 2.75) is 6.42 Å². The Morgan fingerprint density at radius 2 is 1.42 bits per heavy atom. The Labute approximate surface area is 157 Å². The predicted octanol–water partition coefficient (Wildman–Crippen LogP) is 2.42. The van der Waals surface area contributed by atoms with Crippen LogP contribution >= 0.6 is 11.6 Å². The number of carbonyl (C=O) groups excluding carboxylic acids is 2. The first-order valence-corrected chi connectivity index (χ1v) is 8.61. The highest BCUT2D eigenvalue weighted by Gasteiger charge is 2.04. The van der Waals surface area contributed by atoms with Crippen LogP contribution in [0.4, 0.5) is 0 Å². The minimum atomic E-state index is -0.262. The predicted molar refractivity (Wildman–Crippen MR) is 99.5 cm³/mol. The first kappa shape index (κ1) is 19.6. The smallest absolute Gasteiger partial charge is 0.258 e. The zero-order valence-electron chi connectivity index (χ0n) is 14.2. The first-order chi connectivity index (χ1) is 12.6. The van der Waals surface area contributed by atoms with Crippen molar-refractivity contribution in [3.63, 3.8) is 0 Å². The van der Waals surface area contributed by atoms with Crippen LogP contribution in [0.2, 0.25) is 5.02 Å². The molecule has 2 N–H and O–H groups in total. The Bertz CT molecular complexity index is 692. The van der Waals surface area contributed by atoms with Gasteiger partial charge in [0, 0.05) is 18.1 Å². The molecule has 0 bridgehead atoms. The molecule has 2 aromatic rings. The van der Waals surface area contributed by atoms with Crippen LogP contribution in [-0.2, 0) is 9.59 Å². The molecule has 0 aliphatic rings. The fraction of sp³-hybridized carbons (Fsp3) is 0.263. The van der Waals surface area contributed by atoms with Gasteiger partial charge in [0.15, 0.2) is 6.61 Å². The summed E-state index contributed by atoms with van der Waals surface area (Å²) in [6.45, 7) is 0.878. The van der Waals surface area contributed by atoms with E-state index in [2.05, 4.69) is 10.6 Å². The summed E-state index contributed by atoms with van der Waals surface area (Å²) >= 11 is 5.77. The topological polar surface area (TPSA) is 76.7 Å². The Balaban J connectivity index is 1.50. The van der Waals surface area contributed by atoms with Gasteiger partial charge in [-0.3, -0.25) is 9.59 Å². The minimum absolute atomic E-state index is 0.0967. The van der Waals surface area contributed by atoms with Gasteiger partial charge in [0.25, 0.3) is 5.91 Å². The summed E-state index contributed by atoms with van der Waals surface area (Å²) < 4.78 is 10.8. The summed E-state index contributed by atoms with van der Waals surface area (Å²) in [5.41, 5.74) is 0. The van der Waals surface area contributed by atoms with E-state index in [1.165, 1.54) is 0 Å². The molecule has 0 aromatic heterocycles. The molecule has 2 rings (SSSR count). The number of halogens is 1. The molecule has 0 aliphatic heterocycles. The fourth-order valence-corrected chi connectivity index (χ4v) is 2.13. The van der Waals surface area contributed by atoms with Crippen LogP contribution in [0.1, 0.15) is 6.42 Å². The molecule has 0 heterocycles. The van der Waals surface area contributed by atoms with Gasteiger partial charge in [-0.2, -0.15) is 0 Å². The largest absolute Gasteiger partial charge is 0.493 e. The second kappa shape index (κ2) is 11.0. The number of carbonyl (C=O) groups is 2.